The monoisotopic (exact) mass is 503 g/mol. The van der Waals surface area contributed by atoms with Crippen LogP contribution in [0, 0.1) is 0 Å². The molecule has 0 radical (unpaired) electrons. The summed E-state index contributed by atoms with van der Waals surface area (Å²) in [7, 11) is 1.80. The van der Waals surface area contributed by atoms with Gasteiger partial charge in [-0.3, -0.25) is 0 Å². The lowest BCUT2D eigenvalue weighted by Gasteiger charge is -2.26. The topological polar surface area (TPSA) is 142 Å². The molecule has 1 unspecified atom stereocenters. The first-order valence-electron chi connectivity index (χ1n) is 9.51. The average molecular weight is 505 g/mol. The molecule has 4 N–H and O–H groups in total. The largest absolute Gasteiger partial charge is 0.382 e. The van der Waals surface area contributed by atoms with Gasteiger partial charge in [-0.05, 0) is 29.0 Å². The SMILES string of the molecule is Cn1nnnc1C1(N)CCN(c2cc(Cl)cc(Br)c2Cn2cnc3c(N)ncnc32)C1. The fourth-order valence-corrected chi connectivity index (χ4v) is 5.01. The minimum atomic E-state index is -0.659. The van der Waals surface area contributed by atoms with Crippen molar-refractivity contribution in [2.75, 3.05) is 23.7 Å². The van der Waals surface area contributed by atoms with Crippen molar-refractivity contribution in [1.29, 1.82) is 0 Å². The maximum absolute atomic E-state index is 6.71. The van der Waals surface area contributed by atoms with Crippen LogP contribution in [0.2, 0.25) is 5.02 Å². The molecule has 1 fully saturated rings. The minimum absolute atomic E-state index is 0.351. The van der Waals surface area contributed by atoms with Crippen LogP contribution in [0.3, 0.4) is 0 Å². The van der Waals surface area contributed by atoms with Crippen molar-refractivity contribution in [2.45, 2.75) is 18.5 Å². The van der Waals surface area contributed by atoms with E-state index in [0.29, 0.717) is 47.3 Å². The van der Waals surface area contributed by atoms with Crippen LogP contribution in [0.1, 0.15) is 17.8 Å². The molecule has 13 heteroatoms. The van der Waals surface area contributed by atoms with Crippen molar-refractivity contribution < 1.29 is 0 Å². The Morgan fingerprint density at radius 3 is 2.87 bits per heavy atom. The minimum Gasteiger partial charge on any atom is -0.382 e. The number of nitrogen functional groups attached to an aromatic ring is 1. The highest BCUT2D eigenvalue weighted by atomic mass is 79.9. The van der Waals surface area contributed by atoms with Crippen LogP contribution in [-0.4, -0.2) is 52.8 Å². The number of benzene rings is 1. The summed E-state index contributed by atoms with van der Waals surface area (Å²) in [6.07, 6.45) is 3.86. The first kappa shape index (κ1) is 20.1. The van der Waals surface area contributed by atoms with Gasteiger partial charge in [-0.15, -0.1) is 5.10 Å². The maximum atomic E-state index is 6.71. The van der Waals surface area contributed by atoms with Gasteiger partial charge in [0.1, 0.15) is 11.8 Å². The lowest BCUT2D eigenvalue weighted by atomic mass is 9.99. The fraction of sp³-hybridized carbons (Fsp3) is 0.333. The van der Waals surface area contributed by atoms with Crippen LogP contribution in [0.5, 0.6) is 0 Å². The molecule has 1 saturated heterocycles. The van der Waals surface area contributed by atoms with E-state index in [0.717, 1.165) is 22.3 Å². The molecule has 4 aromatic rings. The number of nitrogens with zero attached hydrogens (tertiary/aromatic N) is 9. The number of halogens is 2. The molecule has 3 aromatic heterocycles. The van der Waals surface area contributed by atoms with Crippen molar-refractivity contribution in [3.8, 4) is 0 Å². The molecular weight excluding hydrogens is 486 g/mol. The van der Waals surface area contributed by atoms with Crippen molar-refractivity contribution in [1.82, 2.24) is 39.7 Å². The van der Waals surface area contributed by atoms with Gasteiger partial charge < -0.3 is 20.9 Å². The van der Waals surface area contributed by atoms with Crippen LogP contribution >= 0.6 is 27.5 Å². The number of hydrogen-bond donors (Lipinski definition) is 2. The van der Waals surface area contributed by atoms with Crippen molar-refractivity contribution >= 4 is 50.2 Å². The third-order valence-electron chi connectivity index (χ3n) is 5.60. The van der Waals surface area contributed by atoms with Gasteiger partial charge in [0.2, 0.25) is 0 Å². The zero-order valence-corrected chi connectivity index (χ0v) is 18.9. The molecule has 0 saturated carbocycles. The highest BCUT2D eigenvalue weighted by molar-refractivity contribution is 9.10. The zero-order chi connectivity index (χ0) is 21.8. The van der Waals surface area contributed by atoms with E-state index in [9.17, 15) is 0 Å². The van der Waals surface area contributed by atoms with Gasteiger partial charge in [0.05, 0.1) is 18.4 Å². The van der Waals surface area contributed by atoms with Gasteiger partial charge >= 0.3 is 0 Å². The quantitative estimate of drug-likeness (QED) is 0.422. The normalized spacial score (nSPS) is 18.9. The molecule has 5 rings (SSSR count). The summed E-state index contributed by atoms with van der Waals surface area (Å²) in [5.74, 6) is 1.01. The number of rotatable bonds is 4. The van der Waals surface area contributed by atoms with E-state index in [4.69, 9.17) is 23.1 Å². The summed E-state index contributed by atoms with van der Waals surface area (Å²) in [6, 6.07) is 3.83. The second-order valence-corrected chi connectivity index (χ2v) is 8.93. The number of tetrazole rings is 1. The Labute approximate surface area is 190 Å². The Bertz CT molecular complexity index is 1280. The Morgan fingerprint density at radius 1 is 1.26 bits per heavy atom. The van der Waals surface area contributed by atoms with Gasteiger partial charge in [0, 0.05) is 40.9 Å². The smallest absolute Gasteiger partial charge is 0.172 e. The molecule has 1 aromatic carbocycles. The molecule has 0 bridgehead atoms. The number of hydrogen-bond acceptors (Lipinski definition) is 9. The van der Waals surface area contributed by atoms with E-state index >= 15 is 0 Å². The Kier molecular flexibility index (Phi) is 4.79. The molecule has 31 heavy (non-hydrogen) atoms. The second-order valence-electron chi connectivity index (χ2n) is 7.64. The number of aromatic nitrogens is 8. The number of aryl methyl sites for hydroxylation is 1. The third kappa shape index (κ3) is 3.40. The van der Waals surface area contributed by atoms with Gasteiger partial charge in [0.25, 0.3) is 0 Å². The van der Waals surface area contributed by atoms with E-state index in [1.54, 1.807) is 18.1 Å². The molecule has 160 valence electrons. The third-order valence-corrected chi connectivity index (χ3v) is 6.53. The summed E-state index contributed by atoms with van der Waals surface area (Å²) in [5, 5.41) is 12.4. The van der Waals surface area contributed by atoms with Crippen LogP contribution in [0.25, 0.3) is 11.2 Å². The van der Waals surface area contributed by atoms with Crippen molar-refractivity contribution in [2.24, 2.45) is 12.8 Å². The predicted octanol–water partition coefficient (Wildman–Crippen LogP) is 1.46. The molecule has 4 heterocycles. The van der Waals surface area contributed by atoms with E-state index < -0.39 is 5.54 Å². The maximum Gasteiger partial charge on any atom is 0.172 e. The van der Waals surface area contributed by atoms with E-state index in [1.165, 1.54) is 6.33 Å². The summed E-state index contributed by atoms with van der Waals surface area (Å²) < 4.78 is 4.44. The summed E-state index contributed by atoms with van der Waals surface area (Å²) in [5.41, 5.74) is 15.2. The van der Waals surface area contributed by atoms with Crippen LogP contribution in [0.4, 0.5) is 11.5 Å². The van der Waals surface area contributed by atoms with Crippen LogP contribution in [0.15, 0.2) is 29.3 Å². The van der Waals surface area contributed by atoms with Crippen LogP contribution < -0.4 is 16.4 Å². The molecule has 1 atom stereocenters. The standard InChI is InChI=1S/C18H19BrClN11/c1-29-17(26-27-28-29)18(22)2-3-30(7-18)13-5-10(20)4-12(19)11(13)6-31-9-25-14-15(21)23-8-24-16(14)31/h4-5,8-9H,2-3,6-7,22H2,1H3,(H2,21,23,24). The van der Waals surface area contributed by atoms with Crippen molar-refractivity contribution in [3.63, 3.8) is 0 Å². The molecule has 0 amide bonds. The number of anilines is 2. The highest BCUT2D eigenvalue weighted by Gasteiger charge is 2.41. The fourth-order valence-electron chi connectivity index (χ4n) is 4.09. The number of imidazole rings is 1. The lowest BCUT2D eigenvalue weighted by molar-refractivity contribution is 0.440. The molecule has 1 aliphatic rings. The summed E-state index contributed by atoms with van der Waals surface area (Å²) in [6.45, 7) is 1.81. The van der Waals surface area contributed by atoms with E-state index in [-0.39, 0.29) is 0 Å². The summed E-state index contributed by atoms with van der Waals surface area (Å²) in [4.78, 5) is 14.9. The van der Waals surface area contributed by atoms with Gasteiger partial charge in [-0.25, -0.2) is 19.6 Å². The molecule has 0 aliphatic carbocycles. The van der Waals surface area contributed by atoms with E-state index in [2.05, 4.69) is 51.3 Å². The zero-order valence-electron chi connectivity index (χ0n) is 16.6. The first-order chi connectivity index (χ1) is 14.9. The Morgan fingerprint density at radius 2 is 2.10 bits per heavy atom. The Hall–Kier alpha value is -2.83. The van der Waals surface area contributed by atoms with Gasteiger partial charge in [-0.2, -0.15) is 0 Å². The molecule has 0 spiro atoms. The van der Waals surface area contributed by atoms with Crippen molar-refractivity contribution in [3.05, 3.63) is 45.7 Å². The highest BCUT2D eigenvalue weighted by Crippen LogP contribution is 2.38. The first-order valence-corrected chi connectivity index (χ1v) is 10.7. The summed E-state index contributed by atoms with van der Waals surface area (Å²) >= 11 is 10.1. The molecule has 1 aliphatic heterocycles. The molecule has 11 nitrogen and oxygen atoms in total. The predicted molar refractivity (Wildman–Crippen MR) is 119 cm³/mol. The number of fused-ring (bicyclic) bond motifs is 1. The lowest BCUT2D eigenvalue weighted by Crippen LogP contribution is -2.42. The van der Waals surface area contributed by atoms with Crippen LogP contribution in [-0.2, 0) is 19.1 Å². The van der Waals surface area contributed by atoms with E-state index in [1.807, 2.05) is 16.7 Å². The number of nitrogens with two attached hydrogens (primary N) is 2. The second kappa shape index (κ2) is 7.39. The molecular formula is C18H19BrClN11. The Balaban J connectivity index is 1.53. The average Bonchev–Trinajstić information content (AvgIpc) is 3.44. The van der Waals surface area contributed by atoms with Gasteiger partial charge in [-0.1, -0.05) is 27.5 Å². The van der Waals surface area contributed by atoms with Gasteiger partial charge in [0.15, 0.2) is 17.3 Å².